The summed E-state index contributed by atoms with van der Waals surface area (Å²) in [6.07, 6.45) is 3.84. The Hall–Kier alpha value is -1.88. The number of rotatable bonds is 4. The second-order valence-electron chi connectivity index (χ2n) is 6.58. The number of nitrogens with two attached hydrogens (primary N) is 1. The van der Waals surface area contributed by atoms with Gasteiger partial charge in [0, 0.05) is 19.0 Å². The van der Waals surface area contributed by atoms with Gasteiger partial charge in [-0.15, -0.1) is 0 Å². The Morgan fingerprint density at radius 3 is 2.78 bits per heavy atom. The van der Waals surface area contributed by atoms with E-state index in [0.29, 0.717) is 13.1 Å². The van der Waals surface area contributed by atoms with E-state index in [0.717, 1.165) is 32.2 Å². The average molecular weight is 315 g/mol. The van der Waals surface area contributed by atoms with E-state index in [9.17, 15) is 9.59 Å². The Morgan fingerprint density at radius 1 is 1.22 bits per heavy atom. The molecule has 124 valence electrons. The van der Waals surface area contributed by atoms with Crippen LogP contribution in [0.25, 0.3) is 0 Å². The van der Waals surface area contributed by atoms with Crippen molar-refractivity contribution in [2.24, 2.45) is 17.6 Å². The summed E-state index contributed by atoms with van der Waals surface area (Å²) in [5.74, 6) is 0.237. The molecule has 2 amide bonds. The van der Waals surface area contributed by atoms with E-state index >= 15 is 0 Å². The van der Waals surface area contributed by atoms with Crippen LogP contribution in [0.1, 0.15) is 30.4 Å². The van der Waals surface area contributed by atoms with E-state index in [4.69, 9.17) is 5.73 Å². The van der Waals surface area contributed by atoms with Crippen molar-refractivity contribution in [3.05, 3.63) is 35.4 Å². The van der Waals surface area contributed by atoms with Crippen molar-refractivity contribution in [2.75, 3.05) is 19.6 Å². The van der Waals surface area contributed by atoms with Crippen LogP contribution in [0.2, 0.25) is 0 Å². The summed E-state index contributed by atoms with van der Waals surface area (Å²) < 4.78 is 0. The molecule has 1 aromatic carbocycles. The lowest BCUT2D eigenvalue weighted by Gasteiger charge is -2.29. The van der Waals surface area contributed by atoms with Crippen LogP contribution in [0, 0.1) is 11.8 Å². The maximum Gasteiger partial charge on any atom is 0.242 e. The van der Waals surface area contributed by atoms with Gasteiger partial charge in [0.05, 0.1) is 6.54 Å². The molecule has 0 aromatic heterocycles. The number of carbonyl (C=O) groups excluding carboxylic acids is 2. The van der Waals surface area contributed by atoms with Gasteiger partial charge in [-0.2, -0.15) is 0 Å². The van der Waals surface area contributed by atoms with Crippen molar-refractivity contribution in [3.63, 3.8) is 0 Å². The van der Waals surface area contributed by atoms with Crippen LogP contribution in [0.4, 0.5) is 0 Å². The number of hydrogen-bond acceptors (Lipinski definition) is 3. The first-order valence-electron chi connectivity index (χ1n) is 8.51. The second-order valence-corrected chi connectivity index (χ2v) is 6.58. The van der Waals surface area contributed by atoms with Crippen molar-refractivity contribution in [1.82, 2.24) is 10.2 Å². The molecule has 2 aliphatic rings. The second kappa shape index (κ2) is 7.13. The van der Waals surface area contributed by atoms with Gasteiger partial charge in [0.1, 0.15) is 0 Å². The lowest BCUT2D eigenvalue weighted by Crippen LogP contribution is -2.44. The molecule has 5 heteroatoms. The molecule has 0 bridgehead atoms. The Bertz CT molecular complexity index is 587. The molecule has 1 heterocycles. The van der Waals surface area contributed by atoms with Crippen molar-refractivity contribution in [3.8, 4) is 0 Å². The zero-order valence-corrected chi connectivity index (χ0v) is 13.5. The summed E-state index contributed by atoms with van der Waals surface area (Å²) in [7, 11) is 0. The fraction of sp³-hybridized carbons (Fsp3) is 0.556. The molecule has 1 aliphatic carbocycles. The minimum atomic E-state index is -0.0186. The molecule has 0 spiro atoms. The van der Waals surface area contributed by atoms with Gasteiger partial charge in [-0.05, 0) is 42.9 Å². The van der Waals surface area contributed by atoms with Crippen LogP contribution in [0.3, 0.4) is 0 Å². The number of fused-ring (bicyclic) bond motifs is 1. The molecule has 0 radical (unpaired) electrons. The van der Waals surface area contributed by atoms with Crippen molar-refractivity contribution in [2.45, 2.75) is 32.2 Å². The summed E-state index contributed by atoms with van der Waals surface area (Å²) >= 11 is 0. The van der Waals surface area contributed by atoms with E-state index in [-0.39, 0.29) is 30.2 Å². The summed E-state index contributed by atoms with van der Waals surface area (Å²) in [4.78, 5) is 26.5. The van der Waals surface area contributed by atoms with E-state index in [1.807, 2.05) is 17.0 Å². The smallest absolute Gasteiger partial charge is 0.242 e. The molecule has 1 fully saturated rings. The highest BCUT2D eigenvalue weighted by Gasteiger charge is 2.32. The fourth-order valence-corrected chi connectivity index (χ4v) is 3.78. The SMILES string of the molecule is NC[C@H]1CCC[C@H]1C(=O)NCC(=O)N1CCc2ccccc2C1. The Balaban J connectivity index is 1.51. The van der Waals surface area contributed by atoms with Crippen molar-refractivity contribution >= 4 is 11.8 Å². The van der Waals surface area contributed by atoms with Gasteiger partial charge in [-0.25, -0.2) is 0 Å². The third kappa shape index (κ3) is 3.55. The van der Waals surface area contributed by atoms with Gasteiger partial charge >= 0.3 is 0 Å². The molecule has 3 N–H and O–H groups in total. The summed E-state index contributed by atoms with van der Waals surface area (Å²) in [5, 5.41) is 2.82. The molecule has 1 aromatic rings. The molecular formula is C18H25N3O2. The van der Waals surface area contributed by atoms with E-state index in [2.05, 4.69) is 17.4 Å². The molecule has 23 heavy (non-hydrogen) atoms. The highest BCUT2D eigenvalue weighted by Crippen LogP contribution is 2.30. The average Bonchev–Trinajstić information content (AvgIpc) is 3.07. The van der Waals surface area contributed by atoms with Crippen molar-refractivity contribution in [1.29, 1.82) is 0 Å². The number of hydrogen-bond donors (Lipinski definition) is 2. The standard InChI is InChI=1S/C18H25N3O2/c19-10-14-6-3-7-16(14)18(23)20-11-17(22)21-9-8-13-4-1-2-5-15(13)12-21/h1-2,4-5,14,16H,3,6-12,19H2,(H,20,23)/t14-,16-/m1/s1. The van der Waals surface area contributed by atoms with E-state index in [1.54, 1.807) is 0 Å². The van der Waals surface area contributed by atoms with Gasteiger partial charge in [0.15, 0.2) is 0 Å². The van der Waals surface area contributed by atoms with Crippen LogP contribution in [0.15, 0.2) is 24.3 Å². The maximum atomic E-state index is 12.4. The molecule has 0 saturated heterocycles. The fourth-order valence-electron chi connectivity index (χ4n) is 3.78. The van der Waals surface area contributed by atoms with E-state index < -0.39 is 0 Å². The van der Waals surface area contributed by atoms with Gasteiger partial charge in [0.25, 0.3) is 0 Å². The van der Waals surface area contributed by atoms with Gasteiger partial charge in [0.2, 0.25) is 11.8 Å². The van der Waals surface area contributed by atoms with E-state index in [1.165, 1.54) is 11.1 Å². The molecule has 1 aliphatic heterocycles. The van der Waals surface area contributed by atoms with Crippen LogP contribution in [-0.4, -0.2) is 36.3 Å². The van der Waals surface area contributed by atoms with Gasteiger partial charge < -0.3 is 16.0 Å². The predicted octanol–water partition coefficient (Wildman–Crippen LogP) is 1.06. The number of carbonyl (C=O) groups is 2. The quantitative estimate of drug-likeness (QED) is 0.872. The lowest BCUT2D eigenvalue weighted by atomic mass is 9.95. The number of nitrogens with one attached hydrogen (secondary N) is 1. The summed E-state index contributed by atoms with van der Waals surface area (Å²) in [6.45, 7) is 2.00. The number of nitrogens with zero attached hydrogens (tertiary/aromatic N) is 1. The number of amides is 2. The molecule has 0 unspecified atom stereocenters. The lowest BCUT2D eigenvalue weighted by molar-refractivity contribution is -0.134. The van der Waals surface area contributed by atoms with Crippen LogP contribution < -0.4 is 11.1 Å². The normalized spacial score (nSPS) is 23.4. The Kier molecular flexibility index (Phi) is 4.96. The first kappa shape index (κ1) is 16.0. The van der Waals surface area contributed by atoms with Crippen LogP contribution >= 0.6 is 0 Å². The van der Waals surface area contributed by atoms with Gasteiger partial charge in [-0.3, -0.25) is 9.59 Å². The zero-order valence-electron chi connectivity index (χ0n) is 13.5. The zero-order chi connectivity index (χ0) is 16.2. The Morgan fingerprint density at radius 2 is 2.00 bits per heavy atom. The topological polar surface area (TPSA) is 75.4 Å². The monoisotopic (exact) mass is 315 g/mol. The number of benzene rings is 1. The third-order valence-electron chi connectivity index (χ3n) is 5.20. The van der Waals surface area contributed by atoms with Crippen LogP contribution in [-0.2, 0) is 22.6 Å². The van der Waals surface area contributed by atoms with Gasteiger partial charge in [-0.1, -0.05) is 30.7 Å². The molecule has 1 saturated carbocycles. The minimum absolute atomic E-state index is 0.00449. The third-order valence-corrected chi connectivity index (χ3v) is 5.20. The summed E-state index contributed by atoms with van der Waals surface area (Å²) in [5.41, 5.74) is 8.25. The highest BCUT2D eigenvalue weighted by atomic mass is 16.2. The van der Waals surface area contributed by atoms with Crippen LogP contribution in [0.5, 0.6) is 0 Å². The first-order chi connectivity index (χ1) is 11.2. The largest absolute Gasteiger partial charge is 0.347 e. The molecular weight excluding hydrogens is 290 g/mol. The predicted molar refractivity (Wildman–Crippen MR) is 88.5 cm³/mol. The minimum Gasteiger partial charge on any atom is -0.347 e. The summed E-state index contributed by atoms with van der Waals surface area (Å²) in [6, 6.07) is 8.22. The highest BCUT2D eigenvalue weighted by molar-refractivity contribution is 5.86. The molecule has 3 rings (SSSR count). The first-order valence-corrected chi connectivity index (χ1v) is 8.51. The van der Waals surface area contributed by atoms with Crippen molar-refractivity contribution < 1.29 is 9.59 Å². The molecule has 2 atom stereocenters. The maximum absolute atomic E-state index is 12.4. The Labute approximate surface area is 137 Å². The molecule has 5 nitrogen and oxygen atoms in total.